The second kappa shape index (κ2) is 15.5. The maximum absolute atomic E-state index is 14.9. The van der Waals surface area contributed by atoms with Crippen LogP contribution in [-0.4, -0.2) is 74.6 Å². The molecule has 2 saturated heterocycles. The van der Waals surface area contributed by atoms with E-state index in [2.05, 4.69) is 64.8 Å². The van der Waals surface area contributed by atoms with Crippen LogP contribution < -0.4 is 20.2 Å². The molecular weight excluding hydrogens is 682 g/mol. The highest BCUT2D eigenvalue weighted by atomic mass is 19.1. The number of nitrogens with zero attached hydrogens (tertiary/aromatic N) is 8. The van der Waals surface area contributed by atoms with Gasteiger partial charge in [-0.15, -0.1) is 0 Å². The molecule has 4 heterocycles. The van der Waals surface area contributed by atoms with Crippen LogP contribution in [0.25, 0.3) is 5.69 Å². The normalized spacial score (nSPS) is 20.2. The first-order valence-corrected chi connectivity index (χ1v) is 18.2. The molecule has 2 aromatic heterocycles. The molecule has 0 saturated carbocycles. The van der Waals surface area contributed by atoms with Crippen LogP contribution in [0.1, 0.15) is 45.7 Å². The average Bonchev–Trinajstić information content (AvgIpc) is 3.93. The first kappa shape index (κ1) is 36.3. The van der Waals surface area contributed by atoms with E-state index < -0.39 is 23.5 Å². The molecule has 3 aromatic carbocycles. The van der Waals surface area contributed by atoms with Crippen LogP contribution in [0, 0.1) is 23.5 Å². The topological polar surface area (TPSA) is 105 Å². The van der Waals surface area contributed by atoms with E-state index in [1.807, 2.05) is 36.4 Å². The monoisotopic (exact) mass is 728 g/mol. The van der Waals surface area contributed by atoms with Crippen molar-refractivity contribution < 1.29 is 23.0 Å². The molecule has 2 aliphatic heterocycles. The van der Waals surface area contributed by atoms with Gasteiger partial charge in [0.05, 0.1) is 18.3 Å². The number of hydrogen-bond acceptors (Lipinski definition) is 9. The third-order valence-electron chi connectivity index (χ3n) is 10.5. The Kier molecular flexibility index (Phi) is 10.6. The van der Waals surface area contributed by atoms with Crippen molar-refractivity contribution in [2.75, 3.05) is 49.2 Å². The largest absolute Gasteiger partial charge is 0.491 e. The Balaban J connectivity index is 0.921. The lowest BCUT2D eigenvalue weighted by molar-refractivity contribution is -0.192. The molecule has 0 radical (unpaired) electrons. The Morgan fingerprint density at radius 2 is 1.55 bits per heavy atom. The Morgan fingerprint density at radius 1 is 0.887 bits per heavy atom. The van der Waals surface area contributed by atoms with Gasteiger partial charge in [-0.3, -0.25) is 0 Å². The maximum atomic E-state index is 14.9. The van der Waals surface area contributed by atoms with E-state index >= 15 is 0 Å². The van der Waals surface area contributed by atoms with Crippen molar-refractivity contribution in [2.45, 2.75) is 58.6 Å². The zero-order valence-electron chi connectivity index (χ0n) is 30.5. The lowest BCUT2D eigenvalue weighted by atomic mass is 9.89. The summed E-state index contributed by atoms with van der Waals surface area (Å²) in [5.74, 6) is -1.51. The molecule has 280 valence electrons. The highest BCUT2D eigenvalue weighted by Gasteiger charge is 2.46. The molecule has 7 rings (SSSR count). The Hall–Kier alpha value is -5.08. The number of piperazine rings is 1. The van der Waals surface area contributed by atoms with Crippen LogP contribution in [-0.2, 0) is 21.8 Å². The quantitative estimate of drug-likeness (QED) is 0.148. The van der Waals surface area contributed by atoms with E-state index in [-0.39, 0.29) is 37.1 Å². The van der Waals surface area contributed by atoms with Crippen LogP contribution in [0.5, 0.6) is 5.75 Å². The fourth-order valence-corrected chi connectivity index (χ4v) is 7.20. The van der Waals surface area contributed by atoms with Crippen molar-refractivity contribution in [3.8, 4) is 11.4 Å². The number of anilines is 2. The lowest BCUT2D eigenvalue weighted by Crippen LogP contribution is -2.46. The van der Waals surface area contributed by atoms with Crippen molar-refractivity contribution in [3.63, 3.8) is 0 Å². The minimum Gasteiger partial charge on any atom is -0.491 e. The highest BCUT2D eigenvalue weighted by molar-refractivity contribution is 5.54. The van der Waals surface area contributed by atoms with E-state index in [0.717, 1.165) is 55.7 Å². The van der Waals surface area contributed by atoms with Gasteiger partial charge < -0.3 is 24.0 Å². The standard InChI is InChI=1S/C39H46F2N8O4/c1-5-37(28(4)27(2)3)49-38(50)48(26-44-49)32-9-7-30(8-10-32)45-16-18-46(19-17-45)31-11-13-33(14-12-31)51-21-34-22-52-39(53-34,23-47-25-42-24-43-47)35-15-6-29(40)20-36(35)41/h6-15,20,24-28,34,37H,5,16-19,21-23H2,1-4H3. The van der Waals surface area contributed by atoms with Gasteiger partial charge in [0, 0.05) is 49.2 Å². The maximum Gasteiger partial charge on any atom is 0.350 e. The lowest BCUT2D eigenvalue weighted by Gasteiger charge is -2.37. The van der Waals surface area contributed by atoms with E-state index in [1.165, 1.54) is 29.5 Å². The molecule has 0 amide bonds. The van der Waals surface area contributed by atoms with Gasteiger partial charge in [-0.1, -0.05) is 27.7 Å². The summed E-state index contributed by atoms with van der Waals surface area (Å²) in [6.45, 7) is 12.4. The Labute approximate surface area is 307 Å². The van der Waals surface area contributed by atoms with Gasteiger partial charge >= 0.3 is 5.69 Å². The summed E-state index contributed by atoms with van der Waals surface area (Å²) in [6, 6.07) is 19.4. The van der Waals surface area contributed by atoms with Gasteiger partial charge in [-0.25, -0.2) is 32.5 Å². The van der Waals surface area contributed by atoms with Gasteiger partial charge in [-0.2, -0.15) is 10.2 Å². The zero-order chi connectivity index (χ0) is 37.1. The average molecular weight is 729 g/mol. The molecule has 14 heteroatoms. The summed E-state index contributed by atoms with van der Waals surface area (Å²) < 4.78 is 51.7. The van der Waals surface area contributed by atoms with E-state index in [4.69, 9.17) is 14.2 Å². The van der Waals surface area contributed by atoms with E-state index in [9.17, 15) is 13.6 Å². The Bertz CT molecular complexity index is 2010. The van der Waals surface area contributed by atoms with Gasteiger partial charge in [-0.05, 0) is 78.9 Å². The molecule has 53 heavy (non-hydrogen) atoms. The van der Waals surface area contributed by atoms with Gasteiger partial charge in [0.15, 0.2) is 0 Å². The molecule has 4 atom stereocenters. The molecule has 4 unspecified atom stereocenters. The second-order valence-electron chi connectivity index (χ2n) is 14.1. The summed E-state index contributed by atoms with van der Waals surface area (Å²) in [4.78, 5) is 22.0. The highest BCUT2D eigenvalue weighted by Crippen LogP contribution is 2.38. The van der Waals surface area contributed by atoms with E-state index in [1.54, 1.807) is 15.6 Å². The molecule has 0 bridgehead atoms. The molecular formula is C39H46F2N8O4. The molecule has 0 aliphatic carbocycles. The number of aromatic nitrogens is 6. The predicted octanol–water partition coefficient (Wildman–Crippen LogP) is 5.82. The van der Waals surface area contributed by atoms with Crippen molar-refractivity contribution in [1.82, 2.24) is 29.1 Å². The molecule has 0 N–H and O–H groups in total. The fourth-order valence-electron chi connectivity index (χ4n) is 7.20. The minimum atomic E-state index is -1.51. The molecule has 2 fully saturated rings. The van der Waals surface area contributed by atoms with Crippen molar-refractivity contribution >= 4 is 11.4 Å². The number of ether oxygens (including phenoxy) is 3. The smallest absolute Gasteiger partial charge is 0.350 e. The third kappa shape index (κ3) is 7.70. The van der Waals surface area contributed by atoms with Crippen LogP contribution in [0.2, 0.25) is 0 Å². The number of rotatable bonds is 13. The number of hydrogen-bond donors (Lipinski definition) is 0. The first-order chi connectivity index (χ1) is 25.6. The number of benzene rings is 3. The zero-order valence-corrected chi connectivity index (χ0v) is 30.5. The second-order valence-corrected chi connectivity index (χ2v) is 14.1. The number of halogens is 2. The van der Waals surface area contributed by atoms with Crippen LogP contribution in [0.3, 0.4) is 0 Å². The van der Waals surface area contributed by atoms with Crippen molar-refractivity contribution in [1.29, 1.82) is 0 Å². The van der Waals surface area contributed by atoms with Crippen LogP contribution in [0.4, 0.5) is 20.2 Å². The first-order valence-electron chi connectivity index (χ1n) is 18.2. The summed E-state index contributed by atoms with van der Waals surface area (Å²) in [5.41, 5.74) is 2.99. The minimum absolute atomic E-state index is 0.0324. The summed E-state index contributed by atoms with van der Waals surface area (Å²) >= 11 is 0. The predicted molar refractivity (Wildman–Crippen MR) is 196 cm³/mol. The van der Waals surface area contributed by atoms with Crippen LogP contribution in [0.15, 0.2) is 90.5 Å². The van der Waals surface area contributed by atoms with Crippen molar-refractivity contribution in [3.05, 3.63) is 113 Å². The molecule has 12 nitrogen and oxygen atoms in total. The van der Waals surface area contributed by atoms with Crippen molar-refractivity contribution in [2.24, 2.45) is 11.8 Å². The Morgan fingerprint density at radius 3 is 2.15 bits per heavy atom. The SMILES string of the molecule is CCC(C(C)C(C)C)n1ncn(-c2ccc(N3CCN(c4ccc(OCC5COC(Cn6cncn6)(c6ccc(F)cc6F)O5)cc4)CC3)cc2)c1=O. The summed E-state index contributed by atoms with van der Waals surface area (Å²) in [7, 11) is 0. The summed E-state index contributed by atoms with van der Waals surface area (Å²) in [6.07, 6.45) is 4.83. The summed E-state index contributed by atoms with van der Waals surface area (Å²) in [5, 5.41) is 8.60. The molecule has 2 aliphatic rings. The molecule has 5 aromatic rings. The molecule has 0 spiro atoms. The van der Waals surface area contributed by atoms with Gasteiger partial charge in [0.1, 0.15) is 55.6 Å². The van der Waals surface area contributed by atoms with Crippen LogP contribution >= 0.6 is 0 Å². The fraction of sp³-hybridized carbons (Fsp3) is 0.436. The van der Waals surface area contributed by atoms with E-state index in [0.29, 0.717) is 17.6 Å². The van der Waals surface area contributed by atoms with Gasteiger partial charge in [0.25, 0.3) is 0 Å². The third-order valence-corrected chi connectivity index (χ3v) is 10.5. The van der Waals surface area contributed by atoms with Gasteiger partial charge in [0.2, 0.25) is 5.79 Å².